The van der Waals surface area contributed by atoms with Gasteiger partial charge in [-0.25, -0.2) is 4.79 Å². The molecule has 0 spiro atoms. The summed E-state index contributed by atoms with van der Waals surface area (Å²) in [6, 6.07) is 0.593. The van der Waals surface area contributed by atoms with E-state index in [0.717, 1.165) is 19.4 Å². The highest BCUT2D eigenvalue weighted by molar-refractivity contribution is 5.88. The largest absolute Gasteiger partial charge is 0.456 e. The van der Waals surface area contributed by atoms with Crippen LogP contribution in [-0.4, -0.2) is 25.2 Å². The van der Waals surface area contributed by atoms with Gasteiger partial charge in [-0.3, -0.25) is 0 Å². The number of carbonyl (C=O) groups is 1. The average molecular weight is 209 g/mol. The van der Waals surface area contributed by atoms with Gasteiger partial charge in [0.2, 0.25) is 0 Å². The zero-order valence-electron chi connectivity index (χ0n) is 9.34. The van der Waals surface area contributed by atoms with Crippen molar-refractivity contribution in [2.24, 2.45) is 0 Å². The first-order chi connectivity index (χ1) is 7.33. The lowest BCUT2D eigenvalue weighted by Gasteiger charge is -2.22. The summed E-state index contributed by atoms with van der Waals surface area (Å²) in [5.41, 5.74) is 0. The molecule has 1 atom stereocenters. The van der Waals surface area contributed by atoms with Crippen molar-refractivity contribution in [1.29, 1.82) is 0 Å². The summed E-state index contributed by atoms with van der Waals surface area (Å²) in [5.74, 6) is 4.93. The van der Waals surface area contributed by atoms with Crippen molar-refractivity contribution in [2.75, 3.05) is 13.2 Å². The second-order valence-corrected chi connectivity index (χ2v) is 3.71. The molecule has 1 aliphatic rings. The molecule has 3 heteroatoms. The Bertz CT molecular complexity index is 246. The molecule has 1 rings (SSSR count). The predicted molar refractivity (Wildman–Crippen MR) is 59.3 cm³/mol. The van der Waals surface area contributed by atoms with Crippen LogP contribution in [0.1, 0.15) is 39.0 Å². The first-order valence-corrected chi connectivity index (χ1v) is 5.72. The third-order valence-electron chi connectivity index (χ3n) is 2.50. The molecule has 84 valence electrons. The molecule has 1 fully saturated rings. The van der Waals surface area contributed by atoms with Crippen molar-refractivity contribution < 1.29 is 9.53 Å². The van der Waals surface area contributed by atoms with Crippen LogP contribution in [-0.2, 0) is 9.53 Å². The number of rotatable bonds is 3. The lowest BCUT2D eigenvalue weighted by molar-refractivity contribution is -0.136. The van der Waals surface area contributed by atoms with Gasteiger partial charge >= 0.3 is 5.97 Å². The van der Waals surface area contributed by atoms with Gasteiger partial charge in [0.05, 0.1) is 6.61 Å². The molecule has 0 radical (unpaired) electrons. The lowest BCUT2D eigenvalue weighted by atomic mass is 10.0. The van der Waals surface area contributed by atoms with Gasteiger partial charge in [0.15, 0.2) is 0 Å². The van der Waals surface area contributed by atoms with E-state index < -0.39 is 5.97 Å². The number of hydrogen-bond acceptors (Lipinski definition) is 3. The molecule has 1 saturated heterocycles. The van der Waals surface area contributed by atoms with E-state index in [1.54, 1.807) is 6.92 Å². The second-order valence-electron chi connectivity index (χ2n) is 3.71. The molecule has 15 heavy (non-hydrogen) atoms. The van der Waals surface area contributed by atoms with Gasteiger partial charge in [-0.15, -0.1) is 0 Å². The minimum Gasteiger partial charge on any atom is -0.456 e. The van der Waals surface area contributed by atoms with E-state index in [1.165, 1.54) is 19.3 Å². The maximum atomic E-state index is 10.9. The summed E-state index contributed by atoms with van der Waals surface area (Å²) in [7, 11) is 0. The minimum atomic E-state index is -0.408. The molecule has 0 aliphatic carbocycles. The van der Waals surface area contributed by atoms with Crippen molar-refractivity contribution in [3.05, 3.63) is 0 Å². The van der Waals surface area contributed by atoms with Crippen molar-refractivity contribution in [3.63, 3.8) is 0 Å². The van der Waals surface area contributed by atoms with Crippen LogP contribution in [0.25, 0.3) is 0 Å². The average Bonchev–Trinajstić information content (AvgIpc) is 2.26. The summed E-state index contributed by atoms with van der Waals surface area (Å²) in [6.45, 7) is 3.30. The van der Waals surface area contributed by atoms with E-state index in [1.807, 2.05) is 0 Å². The van der Waals surface area contributed by atoms with E-state index >= 15 is 0 Å². The van der Waals surface area contributed by atoms with Gasteiger partial charge in [-0.2, -0.15) is 0 Å². The quantitative estimate of drug-likeness (QED) is 0.434. The van der Waals surface area contributed by atoms with E-state index in [2.05, 4.69) is 17.2 Å². The first-order valence-electron chi connectivity index (χ1n) is 5.72. The number of esters is 1. The Morgan fingerprint density at radius 2 is 2.40 bits per heavy atom. The van der Waals surface area contributed by atoms with Crippen LogP contribution < -0.4 is 5.32 Å². The fraction of sp³-hybridized carbons (Fsp3) is 0.750. The van der Waals surface area contributed by atoms with Gasteiger partial charge < -0.3 is 10.1 Å². The van der Waals surface area contributed by atoms with Crippen molar-refractivity contribution >= 4 is 5.97 Å². The standard InChI is InChI=1S/C12H19NO2/c1-2-15-12(14)9-4-3-7-11-8-5-6-10-13-11/h11,13H,2-3,5-8,10H2,1H3. The summed E-state index contributed by atoms with van der Waals surface area (Å²) < 4.78 is 4.71. The van der Waals surface area contributed by atoms with E-state index in [0.29, 0.717) is 12.6 Å². The van der Waals surface area contributed by atoms with Gasteiger partial charge in [0, 0.05) is 18.4 Å². The van der Waals surface area contributed by atoms with Gasteiger partial charge in [0.25, 0.3) is 0 Å². The topological polar surface area (TPSA) is 38.3 Å². The smallest absolute Gasteiger partial charge is 0.384 e. The molecule has 3 nitrogen and oxygen atoms in total. The van der Waals surface area contributed by atoms with Gasteiger partial charge in [-0.1, -0.05) is 12.3 Å². The van der Waals surface area contributed by atoms with Crippen LogP contribution in [0.15, 0.2) is 0 Å². The first kappa shape index (κ1) is 12.1. The molecule has 0 aromatic carbocycles. The molecule has 1 N–H and O–H groups in total. The Labute approximate surface area is 91.6 Å². The number of carbonyl (C=O) groups excluding carboxylic acids is 1. The maximum absolute atomic E-state index is 10.9. The predicted octanol–water partition coefficient (Wildman–Crippen LogP) is 1.48. The highest BCUT2D eigenvalue weighted by Crippen LogP contribution is 2.10. The maximum Gasteiger partial charge on any atom is 0.384 e. The fourth-order valence-corrected chi connectivity index (χ4v) is 1.72. The van der Waals surface area contributed by atoms with E-state index in [9.17, 15) is 4.79 Å². The lowest BCUT2D eigenvalue weighted by Crippen LogP contribution is -2.33. The Morgan fingerprint density at radius 3 is 3.07 bits per heavy atom. The summed E-state index contributed by atoms with van der Waals surface area (Å²) in [4.78, 5) is 10.9. The van der Waals surface area contributed by atoms with Crippen molar-refractivity contribution in [2.45, 2.75) is 45.1 Å². The number of hydrogen-bond donors (Lipinski definition) is 1. The molecule has 0 amide bonds. The number of nitrogens with one attached hydrogen (secondary N) is 1. The van der Waals surface area contributed by atoms with Crippen LogP contribution in [0.5, 0.6) is 0 Å². The van der Waals surface area contributed by atoms with Crippen LogP contribution in [0, 0.1) is 11.8 Å². The van der Waals surface area contributed by atoms with Crippen molar-refractivity contribution in [3.8, 4) is 11.8 Å². The van der Waals surface area contributed by atoms with Gasteiger partial charge in [-0.05, 0) is 32.7 Å². The van der Waals surface area contributed by atoms with E-state index in [4.69, 9.17) is 4.74 Å². The number of piperidine rings is 1. The molecule has 0 aromatic heterocycles. The SMILES string of the molecule is CCOC(=O)C#CCCC1CCCCN1. The molecule has 1 aliphatic heterocycles. The third kappa shape index (κ3) is 5.44. The minimum absolute atomic E-state index is 0.400. The van der Waals surface area contributed by atoms with Crippen molar-refractivity contribution in [1.82, 2.24) is 5.32 Å². The fourth-order valence-electron chi connectivity index (χ4n) is 1.72. The molecule has 0 bridgehead atoms. The third-order valence-corrected chi connectivity index (χ3v) is 2.50. The summed E-state index contributed by atoms with van der Waals surface area (Å²) >= 11 is 0. The van der Waals surface area contributed by atoms with Crippen LogP contribution in [0.3, 0.4) is 0 Å². The zero-order valence-corrected chi connectivity index (χ0v) is 9.34. The van der Waals surface area contributed by atoms with Crippen LogP contribution in [0.4, 0.5) is 0 Å². The normalized spacial score (nSPS) is 20.2. The second kappa shape index (κ2) is 7.30. The zero-order chi connectivity index (χ0) is 10.9. The Balaban J connectivity index is 2.11. The van der Waals surface area contributed by atoms with Crippen LogP contribution >= 0.6 is 0 Å². The Kier molecular flexibility index (Phi) is 5.87. The van der Waals surface area contributed by atoms with Crippen LogP contribution in [0.2, 0.25) is 0 Å². The molecule has 0 aromatic rings. The summed E-state index contributed by atoms with van der Waals surface area (Å²) in [6.07, 6.45) is 5.64. The molecule has 0 saturated carbocycles. The molecular weight excluding hydrogens is 190 g/mol. The molecule has 1 unspecified atom stereocenters. The monoisotopic (exact) mass is 209 g/mol. The number of ether oxygens (including phenoxy) is 1. The highest BCUT2D eigenvalue weighted by Gasteiger charge is 2.10. The molecule has 1 heterocycles. The highest BCUT2D eigenvalue weighted by atomic mass is 16.5. The molecular formula is C12H19NO2. The Hall–Kier alpha value is -1.01. The van der Waals surface area contributed by atoms with E-state index in [-0.39, 0.29) is 0 Å². The Morgan fingerprint density at radius 1 is 1.53 bits per heavy atom. The summed E-state index contributed by atoms with van der Waals surface area (Å²) in [5, 5.41) is 3.45. The van der Waals surface area contributed by atoms with Gasteiger partial charge in [0.1, 0.15) is 0 Å².